The average molecular weight is 416 g/mol. The zero-order valence-electron chi connectivity index (χ0n) is 14.1. The molecule has 2 aromatic rings. The first-order valence-electron chi connectivity index (χ1n) is 8.45. The van der Waals surface area contributed by atoms with Gasteiger partial charge in [0, 0.05) is 0 Å². The second-order valence-electron chi connectivity index (χ2n) is 5.59. The van der Waals surface area contributed by atoms with Gasteiger partial charge in [-0.15, -0.1) is 0 Å². The predicted octanol–water partition coefficient (Wildman–Crippen LogP) is 3.97. The van der Waals surface area contributed by atoms with Crippen LogP contribution in [0.3, 0.4) is 0 Å². The van der Waals surface area contributed by atoms with Crippen LogP contribution in [0.5, 0.6) is 0 Å². The molecule has 0 bridgehead atoms. The van der Waals surface area contributed by atoms with E-state index in [0.29, 0.717) is 0 Å². The van der Waals surface area contributed by atoms with Gasteiger partial charge in [0.2, 0.25) is 0 Å². The van der Waals surface area contributed by atoms with E-state index in [1.807, 2.05) is 54.6 Å². The summed E-state index contributed by atoms with van der Waals surface area (Å²) in [6.45, 7) is 2.21. The molecule has 136 valence electrons. The van der Waals surface area contributed by atoms with Gasteiger partial charge < -0.3 is 0 Å². The molecule has 0 heterocycles. The summed E-state index contributed by atoms with van der Waals surface area (Å²) >= 11 is -2.85. The van der Waals surface area contributed by atoms with Gasteiger partial charge in [-0.25, -0.2) is 0 Å². The minimum absolute atomic E-state index is 0.753. The Bertz CT molecular complexity index is 651. The third kappa shape index (κ3) is 6.17. The van der Waals surface area contributed by atoms with Gasteiger partial charge in [-0.3, -0.25) is 0 Å². The van der Waals surface area contributed by atoms with Crippen molar-refractivity contribution in [1.82, 2.24) is 0 Å². The maximum absolute atomic E-state index is 12.5. The van der Waals surface area contributed by atoms with E-state index in [-0.39, 0.29) is 0 Å². The molecule has 2 rings (SSSR count). The van der Waals surface area contributed by atoms with Crippen molar-refractivity contribution in [1.29, 1.82) is 0 Å². The van der Waals surface area contributed by atoms with Crippen molar-refractivity contribution in [2.24, 2.45) is 0 Å². The molecule has 2 nitrogen and oxygen atoms in total. The zero-order valence-corrected chi connectivity index (χ0v) is 16.2. The van der Waals surface area contributed by atoms with E-state index < -0.39 is 27.2 Å². The third-order valence-electron chi connectivity index (χ3n) is 3.68. The molecule has 0 atom stereocenters. The summed E-state index contributed by atoms with van der Waals surface area (Å²) in [4.78, 5) is 0. The van der Waals surface area contributed by atoms with Crippen LogP contribution >= 0.6 is 0 Å². The van der Waals surface area contributed by atoms with Gasteiger partial charge in [0.15, 0.2) is 0 Å². The molecule has 0 aromatic heterocycles. The Kier molecular flexibility index (Phi) is 8.74. The van der Waals surface area contributed by atoms with E-state index in [4.69, 9.17) is 0 Å². The summed E-state index contributed by atoms with van der Waals surface area (Å²) in [7, 11) is 0. The Morgan fingerprint density at radius 3 is 1.88 bits per heavy atom. The van der Waals surface area contributed by atoms with Crippen LogP contribution in [0.15, 0.2) is 54.6 Å². The predicted molar refractivity (Wildman–Crippen MR) is 91.3 cm³/mol. The van der Waals surface area contributed by atoms with E-state index in [9.17, 15) is 7.73 Å². The Balaban J connectivity index is 1.85. The molecule has 0 spiro atoms. The first kappa shape index (κ1) is 19.4. The molecule has 0 aliphatic rings. The molecule has 0 saturated heterocycles. The fourth-order valence-electron chi connectivity index (χ4n) is 2.32. The molecule has 0 amide bonds. The van der Waals surface area contributed by atoms with Crippen molar-refractivity contribution in [2.75, 3.05) is 0 Å². The van der Waals surface area contributed by atoms with E-state index >= 15 is 0 Å². The molecule has 0 aliphatic heterocycles. The van der Waals surface area contributed by atoms with Gasteiger partial charge in [-0.05, 0) is 0 Å². The topological polar surface area (TPSA) is 34.1 Å². The fraction of sp³-hybridized carbons (Fsp3) is 0.400. The van der Waals surface area contributed by atoms with Crippen LogP contribution in [-0.2, 0) is 34.9 Å². The summed E-state index contributed by atoms with van der Waals surface area (Å²) in [5.74, 6) is 0. The number of rotatable bonds is 10. The van der Waals surface area contributed by atoms with Gasteiger partial charge in [-0.1, -0.05) is 0 Å². The molecule has 0 unspecified atom stereocenters. The Morgan fingerprint density at radius 2 is 1.21 bits per heavy atom. The van der Waals surface area contributed by atoms with Gasteiger partial charge in [0.25, 0.3) is 0 Å². The normalized spacial score (nSPS) is 12.0. The monoisotopic (exact) mass is 416 g/mol. The summed E-state index contributed by atoms with van der Waals surface area (Å²) in [5.41, 5.74) is 0. The molecule has 0 aliphatic carbocycles. The van der Waals surface area contributed by atoms with Crippen molar-refractivity contribution >= 4 is 13.5 Å². The summed E-state index contributed by atoms with van der Waals surface area (Å²) < 4.78 is 27.3. The summed E-state index contributed by atoms with van der Waals surface area (Å²) in [6.07, 6.45) is 7.27. The number of unbranched alkanes of at least 4 members (excludes halogenated alkanes) is 5. The van der Waals surface area contributed by atoms with Gasteiger partial charge in [0.05, 0.1) is 0 Å². The Labute approximate surface area is 153 Å². The molecule has 2 aromatic carbocycles. The van der Waals surface area contributed by atoms with E-state index in [1.165, 1.54) is 32.1 Å². The summed E-state index contributed by atoms with van der Waals surface area (Å²) in [5, 5.41) is 0.753. The molecule has 0 N–H and O–H groups in total. The van der Waals surface area contributed by atoms with Gasteiger partial charge in [-0.2, -0.15) is 0 Å². The van der Waals surface area contributed by atoms with Crippen LogP contribution in [0, 0.1) is 0 Å². The molecule has 4 heteroatoms. The first-order valence-corrected chi connectivity index (χ1v) is 11.6. The van der Waals surface area contributed by atoms with Crippen molar-refractivity contribution in [3.8, 4) is 0 Å². The molecule has 24 heavy (non-hydrogen) atoms. The van der Waals surface area contributed by atoms with Crippen LogP contribution in [0.1, 0.15) is 45.4 Å². The SMILES string of the molecule is CCCCCCC[CH2][Co](=[O])[c]1cc[c]([Co](=[O])[c]2ccccc2)cc1. The van der Waals surface area contributed by atoms with E-state index in [2.05, 4.69) is 6.92 Å². The Hall–Kier alpha value is -0.947. The van der Waals surface area contributed by atoms with Crippen LogP contribution in [0.2, 0.25) is 5.36 Å². The molecule has 0 saturated carbocycles. The van der Waals surface area contributed by atoms with Crippen LogP contribution in [-0.4, -0.2) is 0 Å². The molecular weight excluding hydrogens is 390 g/mol. The second kappa shape index (κ2) is 10.8. The Morgan fingerprint density at radius 1 is 0.667 bits per heavy atom. The van der Waals surface area contributed by atoms with Crippen molar-refractivity contribution in [3.05, 3.63) is 54.6 Å². The van der Waals surface area contributed by atoms with Crippen LogP contribution < -0.4 is 13.5 Å². The average Bonchev–Trinajstić information content (AvgIpc) is 2.64. The number of hydrogen-bond acceptors (Lipinski definition) is 2. The number of benzene rings is 2. The van der Waals surface area contributed by atoms with Crippen molar-refractivity contribution < 1.29 is 34.9 Å². The van der Waals surface area contributed by atoms with Gasteiger partial charge in [0.1, 0.15) is 0 Å². The quantitative estimate of drug-likeness (QED) is 0.550. The summed E-state index contributed by atoms with van der Waals surface area (Å²) in [6, 6.07) is 16.9. The van der Waals surface area contributed by atoms with E-state index in [0.717, 1.165) is 25.3 Å². The minimum atomic E-state index is -1.54. The zero-order chi connectivity index (χ0) is 17.2. The molecule has 0 radical (unpaired) electrons. The van der Waals surface area contributed by atoms with E-state index in [1.54, 1.807) is 0 Å². The standard InChI is InChI=1S/C8H17.C6H5.C6H4.2Co.2O/c1-3-5-7-8-6-4-2;2*1-2-4-6-5-3-1;;;;/h1,3-8H2,2H3;1-5H;1-2,5-6H;;;;. The molecule has 0 fully saturated rings. The third-order valence-corrected chi connectivity index (χ3v) is 7.32. The first-order chi connectivity index (χ1) is 11.7. The maximum atomic E-state index is 12.5. The number of hydrogen-bond donors (Lipinski definition) is 0. The van der Waals surface area contributed by atoms with Gasteiger partial charge >= 0.3 is 154 Å². The molecular formula is C20H26Co2O2. The fourth-order valence-corrected chi connectivity index (χ4v) is 5.13. The second-order valence-corrected chi connectivity index (χ2v) is 9.48. The van der Waals surface area contributed by atoms with Crippen molar-refractivity contribution in [3.63, 3.8) is 0 Å². The van der Waals surface area contributed by atoms with Crippen molar-refractivity contribution in [2.45, 2.75) is 50.8 Å². The van der Waals surface area contributed by atoms with Crippen LogP contribution in [0.25, 0.3) is 0 Å². The van der Waals surface area contributed by atoms with Crippen LogP contribution in [0.4, 0.5) is 0 Å².